The molecule has 0 saturated heterocycles. The number of nitrogens with zero attached hydrogens (tertiary/aromatic N) is 2. The number of carbonyl (C=O) groups excluding carboxylic acids is 2. The molecule has 0 aliphatic heterocycles. The van der Waals surface area contributed by atoms with Gasteiger partial charge < -0.3 is 19.2 Å². The molecule has 9 heteroatoms. The first-order valence-corrected chi connectivity index (χ1v) is 11.6. The minimum Gasteiger partial charge on any atom is -0.484 e. The number of aryl methyl sites for hydroxylation is 1. The summed E-state index contributed by atoms with van der Waals surface area (Å²) in [6, 6.07) is 12.6. The maximum absolute atomic E-state index is 12.2. The zero-order chi connectivity index (χ0) is 23.8. The Labute approximate surface area is 197 Å². The summed E-state index contributed by atoms with van der Waals surface area (Å²) in [6.45, 7) is 8.44. The molecule has 8 nitrogen and oxygen atoms in total. The van der Waals surface area contributed by atoms with Gasteiger partial charge in [0.05, 0.1) is 17.9 Å². The molecule has 1 amide bonds. The van der Waals surface area contributed by atoms with Crippen molar-refractivity contribution in [2.24, 2.45) is 0 Å². The monoisotopic (exact) mass is 469 g/mol. The van der Waals surface area contributed by atoms with E-state index in [1.54, 1.807) is 31.2 Å². The summed E-state index contributed by atoms with van der Waals surface area (Å²) in [4.78, 5) is 23.9. The van der Waals surface area contributed by atoms with Gasteiger partial charge in [-0.05, 0) is 61.2 Å². The molecular formula is C24H27N3O5S. The molecule has 0 aliphatic rings. The van der Waals surface area contributed by atoms with Crippen molar-refractivity contribution in [2.45, 2.75) is 45.4 Å². The van der Waals surface area contributed by atoms with Crippen LogP contribution in [0.3, 0.4) is 0 Å². The number of hydrogen-bond donors (Lipinski definition) is 1. The number of anilines is 1. The average molecular weight is 470 g/mol. The normalized spacial score (nSPS) is 10.8. The van der Waals surface area contributed by atoms with Crippen molar-refractivity contribution in [1.82, 2.24) is 10.2 Å². The fraction of sp³-hybridized carbons (Fsp3) is 0.333. The standard InChI is InChI=1S/C24H27N3O5S/c1-5-30-23(29)17-7-9-18(10-8-17)25-21(28)14-33-24-27-26-22(32-24)13-31-20-12-16(4)6-11-19(20)15(2)3/h6-12,15H,5,13-14H2,1-4H3,(H,25,28). The molecule has 1 heterocycles. The lowest BCUT2D eigenvalue weighted by molar-refractivity contribution is -0.113. The van der Waals surface area contributed by atoms with E-state index in [-0.39, 0.29) is 23.5 Å². The Morgan fingerprint density at radius 2 is 1.88 bits per heavy atom. The number of aromatic nitrogens is 2. The predicted molar refractivity (Wildman–Crippen MR) is 126 cm³/mol. The number of rotatable bonds is 10. The second kappa shape index (κ2) is 11.5. The highest BCUT2D eigenvalue weighted by atomic mass is 32.2. The summed E-state index contributed by atoms with van der Waals surface area (Å²) in [5, 5.41) is 11.0. The van der Waals surface area contributed by atoms with E-state index in [2.05, 4.69) is 41.5 Å². The van der Waals surface area contributed by atoms with Crippen LogP contribution >= 0.6 is 11.8 Å². The highest BCUT2D eigenvalue weighted by Gasteiger charge is 2.13. The minimum atomic E-state index is -0.398. The summed E-state index contributed by atoms with van der Waals surface area (Å²) < 4.78 is 16.4. The molecule has 1 aromatic heterocycles. The van der Waals surface area contributed by atoms with Gasteiger partial charge in [-0.1, -0.05) is 37.7 Å². The molecule has 0 spiro atoms. The molecular weight excluding hydrogens is 442 g/mol. The van der Waals surface area contributed by atoms with Crippen LogP contribution in [0, 0.1) is 6.92 Å². The molecule has 1 N–H and O–H groups in total. The molecule has 0 radical (unpaired) electrons. The van der Waals surface area contributed by atoms with Gasteiger partial charge in [0.2, 0.25) is 5.91 Å². The molecule has 0 atom stereocenters. The number of amides is 1. The van der Waals surface area contributed by atoms with E-state index in [1.807, 2.05) is 13.0 Å². The lowest BCUT2D eigenvalue weighted by Crippen LogP contribution is -2.14. The van der Waals surface area contributed by atoms with Crippen LogP contribution in [0.25, 0.3) is 0 Å². The van der Waals surface area contributed by atoms with Crippen molar-refractivity contribution >= 4 is 29.3 Å². The number of ether oxygens (including phenoxy) is 2. The topological polar surface area (TPSA) is 104 Å². The molecule has 0 aliphatic carbocycles. The van der Waals surface area contributed by atoms with Crippen LogP contribution in [-0.2, 0) is 16.1 Å². The van der Waals surface area contributed by atoms with E-state index in [9.17, 15) is 9.59 Å². The average Bonchev–Trinajstić information content (AvgIpc) is 3.25. The SMILES string of the molecule is CCOC(=O)c1ccc(NC(=O)CSc2nnc(COc3cc(C)ccc3C(C)C)o2)cc1. The predicted octanol–water partition coefficient (Wildman–Crippen LogP) is 4.99. The number of benzene rings is 2. The lowest BCUT2D eigenvalue weighted by atomic mass is 10.0. The Hall–Kier alpha value is -3.33. The van der Waals surface area contributed by atoms with E-state index in [1.165, 1.54) is 0 Å². The highest BCUT2D eigenvalue weighted by Crippen LogP contribution is 2.28. The van der Waals surface area contributed by atoms with Gasteiger partial charge in [0.15, 0.2) is 6.61 Å². The number of carbonyl (C=O) groups is 2. The number of thioether (sulfide) groups is 1. The largest absolute Gasteiger partial charge is 0.484 e. The van der Waals surface area contributed by atoms with Gasteiger partial charge in [-0.15, -0.1) is 10.2 Å². The van der Waals surface area contributed by atoms with Crippen LogP contribution in [0.4, 0.5) is 5.69 Å². The summed E-state index contributed by atoms with van der Waals surface area (Å²) >= 11 is 1.13. The summed E-state index contributed by atoms with van der Waals surface area (Å²) in [5.41, 5.74) is 3.22. The second-order valence-corrected chi connectivity index (χ2v) is 8.51. The van der Waals surface area contributed by atoms with Crippen LogP contribution in [0.5, 0.6) is 5.75 Å². The van der Waals surface area contributed by atoms with Crippen LogP contribution in [0.1, 0.15) is 54.1 Å². The molecule has 0 unspecified atom stereocenters. The third kappa shape index (κ3) is 7.08. The molecule has 3 aromatic rings. The maximum Gasteiger partial charge on any atom is 0.338 e. The summed E-state index contributed by atoms with van der Waals surface area (Å²) in [6.07, 6.45) is 0. The van der Waals surface area contributed by atoms with Gasteiger partial charge in [-0.25, -0.2) is 4.79 Å². The molecule has 174 valence electrons. The van der Waals surface area contributed by atoms with Crippen LogP contribution < -0.4 is 10.1 Å². The van der Waals surface area contributed by atoms with Gasteiger partial charge in [-0.2, -0.15) is 0 Å². The molecule has 0 saturated carbocycles. The van der Waals surface area contributed by atoms with Crippen molar-refractivity contribution in [3.8, 4) is 5.75 Å². The summed E-state index contributed by atoms with van der Waals surface area (Å²) in [7, 11) is 0. The van der Waals surface area contributed by atoms with Gasteiger partial charge in [-0.3, -0.25) is 4.79 Å². The second-order valence-electron chi connectivity index (χ2n) is 7.58. The van der Waals surface area contributed by atoms with Crippen LogP contribution in [0.15, 0.2) is 52.1 Å². The molecule has 3 rings (SSSR count). The molecule has 0 bridgehead atoms. The van der Waals surface area contributed by atoms with E-state index in [0.717, 1.165) is 28.6 Å². The maximum atomic E-state index is 12.2. The number of esters is 1. The first-order valence-electron chi connectivity index (χ1n) is 10.6. The Morgan fingerprint density at radius 3 is 2.58 bits per heavy atom. The zero-order valence-corrected chi connectivity index (χ0v) is 19.9. The Bertz CT molecular complexity index is 1100. The van der Waals surface area contributed by atoms with E-state index in [4.69, 9.17) is 13.9 Å². The van der Waals surface area contributed by atoms with E-state index < -0.39 is 5.97 Å². The number of hydrogen-bond acceptors (Lipinski definition) is 8. The van der Waals surface area contributed by atoms with Crippen LogP contribution in [0.2, 0.25) is 0 Å². The highest BCUT2D eigenvalue weighted by molar-refractivity contribution is 7.99. The quantitative estimate of drug-likeness (QED) is 0.327. The van der Waals surface area contributed by atoms with Crippen molar-refractivity contribution < 1.29 is 23.5 Å². The smallest absolute Gasteiger partial charge is 0.338 e. The zero-order valence-electron chi connectivity index (χ0n) is 19.1. The Morgan fingerprint density at radius 1 is 1.12 bits per heavy atom. The van der Waals surface area contributed by atoms with Crippen molar-refractivity contribution in [1.29, 1.82) is 0 Å². The van der Waals surface area contributed by atoms with Gasteiger partial charge in [0.25, 0.3) is 11.1 Å². The van der Waals surface area contributed by atoms with E-state index >= 15 is 0 Å². The Balaban J connectivity index is 1.48. The van der Waals surface area contributed by atoms with Crippen molar-refractivity contribution in [2.75, 3.05) is 17.7 Å². The van der Waals surface area contributed by atoms with Crippen LogP contribution in [-0.4, -0.2) is 34.4 Å². The fourth-order valence-corrected chi connectivity index (χ4v) is 3.55. The van der Waals surface area contributed by atoms with Crippen molar-refractivity contribution in [3.05, 3.63) is 65.0 Å². The summed E-state index contributed by atoms with van der Waals surface area (Å²) in [5.74, 6) is 0.923. The minimum absolute atomic E-state index is 0.0947. The lowest BCUT2D eigenvalue weighted by Gasteiger charge is -2.13. The third-order valence-electron chi connectivity index (χ3n) is 4.60. The number of nitrogens with one attached hydrogen (secondary N) is 1. The van der Waals surface area contributed by atoms with Gasteiger partial charge in [0.1, 0.15) is 5.75 Å². The van der Waals surface area contributed by atoms with Gasteiger partial charge in [0, 0.05) is 5.69 Å². The molecule has 0 fully saturated rings. The fourth-order valence-electron chi connectivity index (χ4n) is 2.97. The van der Waals surface area contributed by atoms with E-state index in [0.29, 0.717) is 29.7 Å². The van der Waals surface area contributed by atoms with Gasteiger partial charge >= 0.3 is 5.97 Å². The van der Waals surface area contributed by atoms with Crippen molar-refractivity contribution in [3.63, 3.8) is 0 Å². The molecule has 2 aromatic carbocycles. The Kier molecular flexibility index (Phi) is 8.48. The first kappa shape index (κ1) is 24.3. The third-order valence-corrected chi connectivity index (χ3v) is 5.42. The first-order chi connectivity index (χ1) is 15.9. The molecule has 33 heavy (non-hydrogen) atoms.